The van der Waals surface area contributed by atoms with Gasteiger partial charge in [-0.05, 0) is 19.1 Å². The van der Waals surface area contributed by atoms with Crippen molar-refractivity contribution in [1.82, 2.24) is 0 Å². The van der Waals surface area contributed by atoms with Gasteiger partial charge < -0.3 is 14.8 Å². The first-order valence-corrected chi connectivity index (χ1v) is 6.15. The van der Waals surface area contributed by atoms with Crippen LogP contribution in [0.1, 0.15) is 22.8 Å². The van der Waals surface area contributed by atoms with Gasteiger partial charge in [0.05, 0.1) is 23.4 Å². The molecule has 1 aliphatic heterocycles. The number of hydrogen-bond acceptors (Lipinski definition) is 5. The van der Waals surface area contributed by atoms with E-state index in [1.807, 2.05) is 0 Å². The summed E-state index contributed by atoms with van der Waals surface area (Å²) in [5.74, 6) is -1.70. The largest absolute Gasteiger partial charge is 0.464 e. The number of hydrogen-bond donors (Lipinski definition) is 1. The number of cyclic esters (lactones) is 1. The third-order valence-electron chi connectivity index (χ3n) is 2.86. The van der Waals surface area contributed by atoms with Gasteiger partial charge in [0.2, 0.25) is 0 Å². The van der Waals surface area contributed by atoms with E-state index in [1.54, 1.807) is 6.92 Å². The molecule has 0 spiro atoms. The number of benzene rings is 1. The molecule has 5 nitrogen and oxygen atoms in total. The van der Waals surface area contributed by atoms with Crippen LogP contribution in [-0.2, 0) is 20.4 Å². The average Bonchev–Trinajstić information content (AvgIpc) is 2.57. The molecule has 1 aromatic carbocycles. The first-order valence-electron chi connectivity index (χ1n) is 6.15. The van der Waals surface area contributed by atoms with Crippen LogP contribution in [0.3, 0.4) is 0 Å². The van der Waals surface area contributed by atoms with E-state index in [1.165, 1.54) is 6.07 Å². The summed E-state index contributed by atoms with van der Waals surface area (Å²) in [6.07, 6.45) is -4.66. The molecule has 114 valence electrons. The lowest BCUT2D eigenvalue weighted by molar-refractivity contribution is -0.145. The van der Waals surface area contributed by atoms with Gasteiger partial charge in [0.1, 0.15) is 6.61 Å². The molecule has 0 radical (unpaired) electrons. The summed E-state index contributed by atoms with van der Waals surface area (Å²) in [5.41, 5.74) is -1.77. The Balaban J connectivity index is 2.45. The number of esters is 2. The zero-order chi connectivity index (χ0) is 15.6. The summed E-state index contributed by atoms with van der Waals surface area (Å²) >= 11 is 0. The number of ether oxygens (including phenoxy) is 2. The van der Waals surface area contributed by atoms with E-state index in [2.05, 4.69) is 5.32 Å². The van der Waals surface area contributed by atoms with Crippen molar-refractivity contribution in [3.05, 3.63) is 29.3 Å². The molecule has 1 unspecified atom stereocenters. The van der Waals surface area contributed by atoms with Crippen LogP contribution in [0.4, 0.5) is 18.9 Å². The van der Waals surface area contributed by atoms with Crippen molar-refractivity contribution in [2.45, 2.75) is 19.1 Å². The van der Waals surface area contributed by atoms with Gasteiger partial charge in [0.15, 0.2) is 6.04 Å². The van der Waals surface area contributed by atoms with Crippen molar-refractivity contribution in [3.8, 4) is 0 Å². The number of rotatable bonds is 2. The van der Waals surface area contributed by atoms with Crippen molar-refractivity contribution in [3.63, 3.8) is 0 Å². The Morgan fingerprint density at radius 1 is 1.48 bits per heavy atom. The van der Waals surface area contributed by atoms with Gasteiger partial charge >= 0.3 is 18.1 Å². The minimum atomic E-state index is -4.66. The van der Waals surface area contributed by atoms with E-state index in [9.17, 15) is 22.8 Å². The second-order valence-corrected chi connectivity index (χ2v) is 4.27. The number of anilines is 1. The fourth-order valence-electron chi connectivity index (χ4n) is 1.94. The van der Waals surface area contributed by atoms with Gasteiger partial charge in [0, 0.05) is 0 Å². The summed E-state index contributed by atoms with van der Waals surface area (Å²) in [6.45, 7) is 1.23. The molecule has 1 N–H and O–H groups in total. The second kappa shape index (κ2) is 5.63. The molecule has 2 rings (SSSR count). The Hall–Kier alpha value is -2.25. The highest BCUT2D eigenvalue weighted by Crippen LogP contribution is 2.38. The third kappa shape index (κ3) is 3.09. The predicted octanol–water partition coefficient (Wildman–Crippen LogP) is 2.22. The minimum Gasteiger partial charge on any atom is -0.464 e. The number of alkyl halides is 3. The van der Waals surface area contributed by atoms with Gasteiger partial charge in [-0.2, -0.15) is 13.2 Å². The highest BCUT2D eigenvalue weighted by molar-refractivity contribution is 5.98. The van der Waals surface area contributed by atoms with Crippen molar-refractivity contribution >= 4 is 17.6 Å². The zero-order valence-electron chi connectivity index (χ0n) is 11.0. The number of para-hydroxylation sites is 1. The lowest BCUT2D eigenvalue weighted by Gasteiger charge is -2.18. The minimum absolute atomic E-state index is 0.0682. The molecule has 0 aromatic heterocycles. The fourth-order valence-corrected chi connectivity index (χ4v) is 1.94. The summed E-state index contributed by atoms with van der Waals surface area (Å²) in [7, 11) is 0. The van der Waals surface area contributed by atoms with Crippen molar-refractivity contribution < 1.29 is 32.2 Å². The van der Waals surface area contributed by atoms with E-state index in [0.29, 0.717) is 0 Å². The number of halogens is 3. The molecule has 1 heterocycles. The molecule has 0 saturated heterocycles. The van der Waals surface area contributed by atoms with Crippen LogP contribution in [0.15, 0.2) is 18.2 Å². The van der Waals surface area contributed by atoms with Crippen LogP contribution >= 0.6 is 0 Å². The standard InChI is InChI=1S/C13H12F3NO4/c1-2-20-12(19)9-6-21-11(18)7-4-3-5-8(10(7)17-9)13(14,15)16/h3-5,9,17H,2,6H2,1H3. The highest BCUT2D eigenvalue weighted by Gasteiger charge is 2.38. The van der Waals surface area contributed by atoms with E-state index in [-0.39, 0.29) is 12.2 Å². The van der Waals surface area contributed by atoms with Crippen LogP contribution < -0.4 is 5.32 Å². The molecular formula is C13H12F3NO4. The molecule has 0 amide bonds. The van der Waals surface area contributed by atoms with E-state index < -0.39 is 42.0 Å². The van der Waals surface area contributed by atoms with Gasteiger partial charge in [-0.1, -0.05) is 6.07 Å². The smallest absolute Gasteiger partial charge is 0.418 e. The number of nitrogens with one attached hydrogen (secondary N) is 1. The second-order valence-electron chi connectivity index (χ2n) is 4.27. The monoisotopic (exact) mass is 303 g/mol. The molecule has 0 bridgehead atoms. The molecule has 21 heavy (non-hydrogen) atoms. The summed E-state index contributed by atoms with van der Waals surface area (Å²) < 4.78 is 48.6. The predicted molar refractivity (Wildman–Crippen MR) is 65.8 cm³/mol. The number of fused-ring (bicyclic) bond motifs is 1. The maximum atomic E-state index is 13.0. The number of carbonyl (C=O) groups excluding carboxylic acids is 2. The van der Waals surface area contributed by atoms with Gasteiger partial charge in [0.25, 0.3) is 0 Å². The van der Waals surface area contributed by atoms with Crippen LogP contribution in [-0.4, -0.2) is 31.2 Å². The van der Waals surface area contributed by atoms with E-state index >= 15 is 0 Å². The Bertz CT molecular complexity index is 571. The zero-order valence-corrected chi connectivity index (χ0v) is 11.0. The Morgan fingerprint density at radius 2 is 2.19 bits per heavy atom. The fraction of sp³-hybridized carbons (Fsp3) is 0.385. The Labute approximate surface area is 118 Å². The first kappa shape index (κ1) is 15.1. The molecule has 0 fully saturated rings. The average molecular weight is 303 g/mol. The number of carbonyl (C=O) groups is 2. The summed E-state index contributed by atoms with van der Waals surface area (Å²) in [6, 6.07) is 1.95. The molecular weight excluding hydrogens is 291 g/mol. The molecule has 8 heteroatoms. The molecule has 1 atom stereocenters. The first-order chi connectivity index (χ1) is 9.84. The summed E-state index contributed by atoms with van der Waals surface area (Å²) in [5, 5.41) is 2.41. The maximum absolute atomic E-state index is 13.0. The summed E-state index contributed by atoms with van der Waals surface area (Å²) in [4.78, 5) is 23.4. The quantitative estimate of drug-likeness (QED) is 0.849. The van der Waals surface area contributed by atoms with E-state index in [0.717, 1.165) is 12.1 Å². The van der Waals surface area contributed by atoms with Crippen molar-refractivity contribution in [1.29, 1.82) is 0 Å². The molecule has 0 saturated carbocycles. The highest BCUT2D eigenvalue weighted by atomic mass is 19.4. The third-order valence-corrected chi connectivity index (χ3v) is 2.86. The van der Waals surface area contributed by atoms with Gasteiger partial charge in [-0.25, -0.2) is 9.59 Å². The van der Waals surface area contributed by atoms with Crippen LogP contribution in [0.25, 0.3) is 0 Å². The van der Waals surface area contributed by atoms with Crippen molar-refractivity contribution in [2.75, 3.05) is 18.5 Å². The molecule has 1 aliphatic rings. The Kier molecular flexibility index (Phi) is 4.06. The lowest BCUT2D eigenvalue weighted by Crippen LogP contribution is -2.35. The van der Waals surface area contributed by atoms with Gasteiger partial charge in [-0.15, -0.1) is 0 Å². The van der Waals surface area contributed by atoms with E-state index in [4.69, 9.17) is 9.47 Å². The topological polar surface area (TPSA) is 64.6 Å². The Morgan fingerprint density at radius 3 is 2.81 bits per heavy atom. The van der Waals surface area contributed by atoms with Crippen molar-refractivity contribution in [2.24, 2.45) is 0 Å². The molecule has 1 aromatic rings. The SMILES string of the molecule is CCOC(=O)C1COC(=O)c2cccc(C(F)(F)F)c2N1. The molecule has 0 aliphatic carbocycles. The maximum Gasteiger partial charge on any atom is 0.418 e. The lowest BCUT2D eigenvalue weighted by atomic mass is 10.1. The van der Waals surface area contributed by atoms with Crippen LogP contribution in [0.2, 0.25) is 0 Å². The van der Waals surface area contributed by atoms with Crippen LogP contribution in [0, 0.1) is 0 Å². The normalized spacial score (nSPS) is 18.1. The van der Waals surface area contributed by atoms with Gasteiger partial charge in [-0.3, -0.25) is 0 Å². The van der Waals surface area contributed by atoms with Crippen LogP contribution in [0.5, 0.6) is 0 Å².